The molecule has 0 spiro atoms. The number of methoxy groups -OCH3 is 1. The fraction of sp³-hybridized carbons (Fsp3) is 0.200. The summed E-state index contributed by atoms with van der Waals surface area (Å²) < 4.78 is 22.5. The fourth-order valence-corrected chi connectivity index (χ4v) is 4.68. The summed E-state index contributed by atoms with van der Waals surface area (Å²) in [5, 5.41) is 3.39. The second-order valence-corrected chi connectivity index (χ2v) is 9.66. The molecule has 7 heteroatoms. The Hall–Kier alpha value is -5.04. The minimum Gasteiger partial charge on any atom is -0.496 e. The van der Waals surface area contributed by atoms with Crippen molar-refractivity contribution in [3.8, 4) is 34.1 Å². The highest BCUT2D eigenvalue weighted by molar-refractivity contribution is 5.94. The molecule has 0 amide bonds. The van der Waals surface area contributed by atoms with Gasteiger partial charge in [0.15, 0.2) is 0 Å². The standard InChI is InChI=1S/C35H34N2O5/c1-4-40-35(38)33-28(11-8-12-32(33)39-3)23-36-29-17-13-25(14-18-29)26-15-19-30(20-16-26)41-22-21-31-24(2)42-34(37-31)27-9-6-5-7-10-27/h5-20,36H,4,21-23H2,1-3H3. The molecule has 0 saturated heterocycles. The minimum absolute atomic E-state index is 0.302. The highest BCUT2D eigenvalue weighted by Gasteiger charge is 2.18. The molecule has 5 aromatic rings. The van der Waals surface area contributed by atoms with E-state index in [1.807, 2.05) is 73.7 Å². The molecule has 0 aliphatic carbocycles. The number of aromatic nitrogens is 1. The molecule has 214 valence electrons. The molecule has 0 aliphatic heterocycles. The third-order valence-corrected chi connectivity index (χ3v) is 6.89. The van der Waals surface area contributed by atoms with E-state index < -0.39 is 0 Å². The van der Waals surface area contributed by atoms with E-state index in [0.29, 0.717) is 43.4 Å². The predicted octanol–water partition coefficient (Wildman–Crippen LogP) is 7.74. The number of anilines is 1. The van der Waals surface area contributed by atoms with Gasteiger partial charge in [0.1, 0.15) is 22.8 Å². The zero-order chi connectivity index (χ0) is 29.3. The van der Waals surface area contributed by atoms with Crippen LogP contribution in [-0.4, -0.2) is 31.3 Å². The monoisotopic (exact) mass is 562 g/mol. The molecule has 1 N–H and O–H groups in total. The molecule has 1 aromatic heterocycles. The molecule has 0 fully saturated rings. The minimum atomic E-state index is -0.389. The van der Waals surface area contributed by atoms with Gasteiger partial charge in [0.05, 0.1) is 26.0 Å². The zero-order valence-electron chi connectivity index (χ0n) is 24.1. The van der Waals surface area contributed by atoms with Gasteiger partial charge in [0, 0.05) is 24.2 Å². The summed E-state index contributed by atoms with van der Waals surface area (Å²) in [7, 11) is 1.55. The van der Waals surface area contributed by atoms with Crippen molar-refractivity contribution in [1.29, 1.82) is 0 Å². The highest BCUT2D eigenvalue weighted by Crippen LogP contribution is 2.27. The number of ether oxygens (including phenoxy) is 3. The number of carbonyl (C=O) groups excluding carboxylic acids is 1. The van der Waals surface area contributed by atoms with Gasteiger partial charge in [-0.15, -0.1) is 0 Å². The van der Waals surface area contributed by atoms with Gasteiger partial charge >= 0.3 is 5.97 Å². The Morgan fingerprint density at radius 3 is 2.26 bits per heavy atom. The zero-order valence-corrected chi connectivity index (χ0v) is 24.1. The molecule has 0 unspecified atom stereocenters. The number of oxazole rings is 1. The Morgan fingerprint density at radius 1 is 0.857 bits per heavy atom. The molecular weight excluding hydrogens is 528 g/mol. The predicted molar refractivity (Wildman–Crippen MR) is 164 cm³/mol. The van der Waals surface area contributed by atoms with Crippen LogP contribution in [0.25, 0.3) is 22.6 Å². The van der Waals surface area contributed by atoms with Crippen molar-refractivity contribution in [1.82, 2.24) is 4.98 Å². The van der Waals surface area contributed by atoms with Crippen molar-refractivity contribution in [3.05, 3.63) is 120 Å². The quantitative estimate of drug-likeness (QED) is 0.156. The van der Waals surface area contributed by atoms with Gasteiger partial charge < -0.3 is 23.9 Å². The van der Waals surface area contributed by atoms with Gasteiger partial charge in [-0.25, -0.2) is 9.78 Å². The topological polar surface area (TPSA) is 82.8 Å². The lowest BCUT2D eigenvalue weighted by Crippen LogP contribution is -2.12. The molecular formula is C35H34N2O5. The van der Waals surface area contributed by atoms with Crippen LogP contribution in [0.3, 0.4) is 0 Å². The number of benzene rings is 4. The van der Waals surface area contributed by atoms with Crippen molar-refractivity contribution < 1.29 is 23.4 Å². The molecule has 0 bridgehead atoms. The van der Waals surface area contributed by atoms with Gasteiger partial charge in [0.2, 0.25) is 5.89 Å². The van der Waals surface area contributed by atoms with Crippen molar-refractivity contribution in [3.63, 3.8) is 0 Å². The number of nitrogens with zero attached hydrogens (tertiary/aromatic N) is 1. The fourth-order valence-electron chi connectivity index (χ4n) is 4.68. The number of nitrogens with one attached hydrogen (secondary N) is 1. The average molecular weight is 563 g/mol. The van der Waals surface area contributed by atoms with Crippen LogP contribution in [0.5, 0.6) is 11.5 Å². The van der Waals surface area contributed by atoms with E-state index in [1.54, 1.807) is 20.1 Å². The molecule has 0 aliphatic rings. The molecule has 0 saturated carbocycles. The number of esters is 1. The van der Waals surface area contributed by atoms with E-state index in [2.05, 4.69) is 34.6 Å². The Bertz CT molecular complexity index is 1610. The van der Waals surface area contributed by atoms with E-state index in [1.165, 1.54) is 0 Å². The summed E-state index contributed by atoms with van der Waals surface area (Å²) >= 11 is 0. The molecule has 0 radical (unpaired) electrons. The van der Waals surface area contributed by atoms with E-state index in [4.69, 9.17) is 18.6 Å². The lowest BCUT2D eigenvalue weighted by Gasteiger charge is -2.14. The van der Waals surface area contributed by atoms with Gasteiger partial charge in [0.25, 0.3) is 0 Å². The van der Waals surface area contributed by atoms with Crippen molar-refractivity contribution >= 4 is 11.7 Å². The summed E-state index contributed by atoms with van der Waals surface area (Å²) in [6.45, 7) is 4.99. The van der Waals surface area contributed by atoms with Crippen molar-refractivity contribution in [2.75, 3.05) is 25.6 Å². The second kappa shape index (κ2) is 13.5. The van der Waals surface area contributed by atoms with Crippen LogP contribution < -0.4 is 14.8 Å². The number of carbonyl (C=O) groups is 1. The number of hydrogen-bond acceptors (Lipinski definition) is 7. The van der Waals surface area contributed by atoms with Crippen molar-refractivity contribution in [2.24, 2.45) is 0 Å². The average Bonchev–Trinajstić information content (AvgIpc) is 3.41. The lowest BCUT2D eigenvalue weighted by molar-refractivity contribution is 0.0521. The number of hydrogen-bond donors (Lipinski definition) is 1. The van der Waals surface area contributed by atoms with E-state index >= 15 is 0 Å². The maximum atomic E-state index is 12.5. The van der Waals surface area contributed by atoms with E-state index in [0.717, 1.165) is 45.1 Å². The van der Waals surface area contributed by atoms with Crippen LogP contribution in [0, 0.1) is 6.92 Å². The van der Waals surface area contributed by atoms with Gasteiger partial charge in [-0.2, -0.15) is 0 Å². The molecule has 5 rings (SSSR count). The molecule has 42 heavy (non-hydrogen) atoms. The first kappa shape index (κ1) is 28.5. The van der Waals surface area contributed by atoms with Crippen LogP contribution in [0.15, 0.2) is 101 Å². The van der Waals surface area contributed by atoms with Crippen LogP contribution >= 0.6 is 0 Å². The molecule has 1 heterocycles. The van der Waals surface area contributed by atoms with Crippen LogP contribution in [0.4, 0.5) is 5.69 Å². The van der Waals surface area contributed by atoms with Crippen LogP contribution in [0.2, 0.25) is 0 Å². The summed E-state index contributed by atoms with van der Waals surface area (Å²) in [5.41, 5.74) is 6.24. The third-order valence-electron chi connectivity index (χ3n) is 6.89. The summed E-state index contributed by atoms with van der Waals surface area (Å²) in [6.07, 6.45) is 0.662. The molecule has 7 nitrogen and oxygen atoms in total. The summed E-state index contributed by atoms with van der Waals surface area (Å²) in [6, 6.07) is 31.7. The molecule has 0 atom stereocenters. The molecule has 4 aromatic carbocycles. The normalized spacial score (nSPS) is 10.7. The van der Waals surface area contributed by atoms with Gasteiger partial charge in [-0.3, -0.25) is 0 Å². The Morgan fingerprint density at radius 2 is 1.57 bits per heavy atom. The first-order valence-corrected chi connectivity index (χ1v) is 14.0. The summed E-state index contributed by atoms with van der Waals surface area (Å²) in [4.78, 5) is 17.2. The highest BCUT2D eigenvalue weighted by atomic mass is 16.5. The second-order valence-electron chi connectivity index (χ2n) is 9.66. The van der Waals surface area contributed by atoms with Gasteiger partial charge in [-0.05, 0) is 73.0 Å². The lowest BCUT2D eigenvalue weighted by atomic mass is 10.0. The number of rotatable bonds is 12. The SMILES string of the molecule is CCOC(=O)c1c(CNc2ccc(-c3ccc(OCCc4nc(-c5ccccc5)oc4C)cc3)cc2)cccc1OC. The Kier molecular flexibility index (Phi) is 9.19. The van der Waals surface area contributed by atoms with E-state index in [-0.39, 0.29) is 5.97 Å². The first-order chi connectivity index (χ1) is 20.6. The first-order valence-electron chi connectivity index (χ1n) is 14.0. The van der Waals surface area contributed by atoms with Crippen LogP contribution in [-0.2, 0) is 17.7 Å². The maximum Gasteiger partial charge on any atom is 0.342 e. The number of aryl methyl sites for hydroxylation is 1. The van der Waals surface area contributed by atoms with E-state index in [9.17, 15) is 4.79 Å². The van der Waals surface area contributed by atoms with Crippen molar-refractivity contribution in [2.45, 2.75) is 26.8 Å². The van der Waals surface area contributed by atoms with Gasteiger partial charge in [-0.1, -0.05) is 54.6 Å². The Labute approximate surface area is 246 Å². The third kappa shape index (κ3) is 6.81. The summed E-state index contributed by atoms with van der Waals surface area (Å²) in [5.74, 6) is 2.36. The largest absolute Gasteiger partial charge is 0.496 e. The smallest absolute Gasteiger partial charge is 0.342 e. The van der Waals surface area contributed by atoms with Crippen LogP contribution in [0.1, 0.15) is 34.3 Å². The Balaban J connectivity index is 1.16. The maximum absolute atomic E-state index is 12.5.